The second kappa shape index (κ2) is 8.48. The molecule has 0 aromatic heterocycles. The Morgan fingerprint density at radius 3 is 2.35 bits per heavy atom. The number of esters is 1. The molecule has 1 saturated heterocycles. The molecule has 0 aromatic carbocycles. The summed E-state index contributed by atoms with van der Waals surface area (Å²) in [5, 5.41) is 0. The van der Waals surface area contributed by atoms with Gasteiger partial charge in [-0.25, -0.2) is 0 Å². The molecular weight excluding hydrogens is 220 g/mol. The van der Waals surface area contributed by atoms with E-state index in [1.165, 1.54) is 0 Å². The Balaban J connectivity index is 0.00000121. The molecule has 0 N–H and O–H groups in total. The van der Waals surface area contributed by atoms with E-state index in [1.807, 2.05) is 41.5 Å². The van der Waals surface area contributed by atoms with Gasteiger partial charge in [-0.1, -0.05) is 13.8 Å². The summed E-state index contributed by atoms with van der Waals surface area (Å²) in [5.74, 6) is -0.386. The Morgan fingerprint density at radius 2 is 1.88 bits per heavy atom. The molecule has 4 heteroatoms. The quantitative estimate of drug-likeness (QED) is 0.699. The van der Waals surface area contributed by atoms with E-state index >= 15 is 0 Å². The Kier molecular flexibility index (Phi) is 8.17. The van der Waals surface area contributed by atoms with E-state index in [-0.39, 0.29) is 30.2 Å². The van der Waals surface area contributed by atoms with Crippen molar-refractivity contribution in [1.29, 1.82) is 0 Å². The van der Waals surface area contributed by atoms with Crippen LogP contribution in [-0.4, -0.2) is 37.5 Å². The number of carbonyl (C=O) groups excluding carboxylic acids is 1. The van der Waals surface area contributed by atoms with Gasteiger partial charge in [0, 0.05) is 13.2 Å². The molecule has 4 nitrogen and oxygen atoms in total. The van der Waals surface area contributed by atoms with Crippen molar-refractivity contribution >= 4 is 5.97 Å². The van der Waals surface area contributed by atoms with Crippen molar-refractivity contribution in [2.75, 3.05) is 13.2 Å². The van der Waals surface area contributed by atoms with Gasteiger partial charge in [0.1, 0.15) is 6.10 Å². The van der Waals surface area contributed by atoms with E-state index in [2.05, 4.69) is 0 Å². The highest BCUT2D eigenvalue weighted by atomic mass is 16.6. The monoisotopic (exact) mass is 246 g/mol. The highest BCUT2D eigenvalue weighted by Gasteiger charge is 2.45. The van der Waals surface area contributed by atoms with Crippen LogP contribution >= 0.6 is 0 Å². The number of ether oxygens (including phenoxy) is 3. The zero-order chi connectivity index (χ0) is 13.4. The minimum absolute atomic E-state index is 0.111. The molecule has 1 aliphatic rings. The second-order valence-electron chi connectivity index (χ2n) is 3.77. The molecule has 4 atom stereocenters. The third-order valence-corrected chi connectivity index (χ3v) is 2.69. The van der Waals surface area contributed by atoms with Crippen LogP contribution in [0.15, 0.2) is 0 Å². The molecular formula is C13H26O4. The standard InChI is InChI=1S/C11H20O4.C2H6/c1-5-13-8(4)10-9(14-6-2)7(3)11(12)15-10;1-2/h7-10H,5-6H2,1-4H3;1-2H3. The summed E-state index contributed by atoms with van der Waals surface area (Å²) in [6.45, 7) is 12.8. The Labute approximate surface area is 105 Å². The minimum atomic E-state index is -0.271. The minimum Gasteiger partial charge on any atom is -0.457 e. The molecule has 0 spiro atoms. The molecule has 0 saturated carbocycles. The molecule has 0 aromatic rings. The van der Waals surface area contributed by atoms with Gasteiger partial charge in [-0.15, -0.1) is 0 Å². The Morgan fingerprint density at radius 1 is 1.29 bits per heavy atom. The van der Waals surface area contributed by atoms with Gasteiger partial charge in [0.2, 0.25) is 0 Å². The maximum Gasteiger partial charge on any atom is 0.311 e. The molecule has 0 radical (unpaired) electrons. The third-order valence-electron chi connectivity index (χ3n) is 2.69. The van der Waals surface area contributed by atoms with Crippen LogP contribution in [0.4, 0.5) is 0 Å². The normalized spacial score (nSPS) is 29.3. The van der Waals surface area contributed by atoms with Crippen LogP contribution < -0.4 is 0 Å². The van der Waals surface area contributed by atoms with Crippen molar-refractivity contribution in [3.05, 3.63) is 0 Å². The summed E-state index contributed by atoms with van der Waals surface area (Å²) >= 11 is 0. The molecule has 0 amide bonds. The van der Waals surface area contributed by atoms with Gasteiger partial charge < -0.3 is 14.2 Å². The zero-order valence-corrected chi connectivity index (χ0v) is 11.9. The van der Waals surface area contributed by atoms with Crippen molar-refractivity contribution in [3.8, 4) is 0 Å². The Hall–Kier alpha value is -0.610. The summed E-state index contributed by atoms with van der Waals surface area (Å²) in [5.41, 5.74) is 0. The number of rotatable bonds is 5. The van der Waals surface area contributed by atoms with Crippen molar-refractivity contribution < 1.29 is 19.0 Å². The van der Waals surface area contributed by atoms with E-state index in [9.17, 15) is 4.79 Å². The fourth-order valence-electron chi connectivity index (χ4n) is 1.88. The summed E-state index contributed by atoms with van der Waals surface area (Å²) in [6.07, 6.45) is -0.558. The van der Waals surface area contributed by atoms with Crippen LogP contribution in [0.1, 0.15) is 41.5 Å². The van der Waals surface area contributed by atoms with Crippen molar-refractivity contribution in [2.24, 2.45) is 5.92 Å². The number of hydrogen-bond donors (Lipinski definition) is 0. The molecule has 0 aliphatic carbocycles. The second-order valence-corrected chi connectivity index (χ2v) is 3.77. The Bertz CT molecular complexity index is 217. The van der Waals surface area contributed by atoms with E-state index < -0.39 is 0 Å². The highest BCUT2D eigenvalue weighted by molar-refractivity contribution is 5.75. The zero-order valence-electron chi connectivity index (χ0n) is 11.9. The lowest BCUT2D eigenvalue weighted by Crippen LogP contribution is -2.38. The predicted molar refractivity (Wildman–Crippen MR) is 66.9 cm³/mol. The summed E-state index contributed by atoms with van der Waals surface area (Å²) in [7, 11) is 0. The van der Waals surface area contributed by atoms with Gasteiger partial charge in [-0.2, -0.15) is 0 Å². The smallest absolute Gasteiger partial charge is 0.311 e. The topological polar surface area (TPSA) is 44.8 Å². The van der Waals surface area contributed by atoms with Crippen molar-refractivity contribution in [3.63, 3.8) is 0 Å². The molecule has 1 aliphatic heterocycles. The highest BCUT2D eigenvalue weighted by Crippen LogP contribution is 2.27. The van der Waals surface area contributed by atoms with Crippen molar-refractivity contribution in [2.45, 2.75) is 59.9 Å². The molecule has 1 fully saturated rings. The van der Waals surface area contributed by atoms with Crippen LogP contribution in [0.25, 0.3) is 0 Å². The molecule has 102 valence electrons. The van der Waals surface area contributed by atoms with Crippen LogP contribution in [0.5, 0.6) is 0 Å². The number of carbonyl (C=O) groups is 1. The van der Waals surface area contributed by atoms with Gasteiger partial charge in [-0.05, 0) is 27.7 Å². The summed E-state index contributed by atoms with van der Waals surface area (Å²) in [6, 6.07) is 0. The molecule has 1 heterocycles. The SMILES string of the molecule is CC.CCOC(C)C1OC(=O)C(C)C1OCC. The van der Waals surface area contributed by atoms with Crippen molar-refractivity contribution in [1.82, 2.24) is 0 Å². The van der Waals surface area contributed by atoms with Crippen LogP contribution in [0.2, 0.25) is 0 Å². The fourth-order valence-corrected chi connectivity index (χ4v) is 1.88. The molecule has 17 heavy (non-hydrogen) atoms. The largest absolute Gasteiger partial charge is 0.457 e. The average molecular weight is 246 g/mol. The fraction of sp³-hybridized carbons (Fsp3) is 0.923. The first-order chi connectivity index (χ1) is 8.11. The maximum absolute atomic E-state index is 11.4. The first kappa shape index (κ1) is 16.4. The summed E-state index contributed by atoms with van der Waals surface area (Å²) in [4.78, 5) is 11.4. The third kappa shape index (κ3) is 4.28. The van der Waals surface area contributed by atoms with Crippen LogP contribution in [0, 0.1) is 5.92 Å². The molecule has 0 bridgehead atoms. The van der Waals surface area contributed by atoms with Gasteiger partial charge >= 0.3 is 5.97 Å². The van der Waals surface area contributed by atoms with Crippen LogP contribution in [-0.2, 0) is 19.0 Å². The van der Waals surface area contributed by atoms with E-state index in [0.29, 0.717) is 13.2 Å². The maximum atomic E-state index is 11.4. The first-order valence-corrected chi connectivity index (χ1v) is 6.55. The molecule has 4 unspecified atom stereocenters. The van der Waals surface area contributed by atoms with Gasteiger partial charge in [0.15, 0.2) is 6.10 Å². The van der Waals surface area contributed by atoms with E-state index in [0.717, 1.165) is 0 Å². The number of hydrogen-bond acceptors (Lipinski definition) is 4. The molecule has 1 rings (SSSR count). The van der Waals surface area contributed by atoms with Gasteiger partial charge in [-0.3, -0.25) is 4.79 Å². The van der Waals surface area contributed by atoms with Crippen LogP contribution in [0.3, 0.4) is 0 Å². The summed E-state index contributed by atoms with van der Waals surface area (Å²) < 4.78 is 16.2. The average Bonchev–Trinajstić information content (AvgIpc) is 2.61. The van der Waals surface area contributed by atoms with Gasteiger partial charge in [0.05, 0.1) is 12.0 Å². The lowest BCUT2D eigenvalue weighted by atomic mass is 10.0. The van der Waals surface area contributed by atoms with E-state index in [4.69, 9.17) is 14.2 Å². The van der Waals surface area contributed by atoms with E-state index in [1.54, 1.807) is 0 Å². The lowest BCUT2D eigenvalue weighted by Gasteiger charge is -2.24. The number of cyclic esters (lactones) is 1. The van der Waals surface area contributed by atoms with Gasteiger partial charge in [0.25, 0.3) is 0 Å². The first-order valence-electron chi connectivity index (χ1n) is 6.55. The predicted octanol–water partition coefficient (Wildman–Crippen LogP) is 2.40. The lowest BCUT2D eigenvalue weighted by molar-refractivity contribution is -0.150.